The Balaban J connectivity index is 0.00000144. The molecule has 1 aliphatic carbocycles. The second kappa shape index (κ2) is 6.81. The smallest absolute Gasteiger partial charge is 0.235 e. The fourth-order valence-electron chi connectivity index (χ4n) is 2.80. The quantitative estimate of drug-likeness (QED) is 0.801. The summed E-state index contributed by atoms with van der Waals surface area (Å²) < 4.78 is 0. The van der Waals surface area contributed by atoms with Crippen molar-refractivity contribution in [2.75, 3.05) is 25.5 Å². The molecule has 1 saturated heterocycles. The van der Waals surface area contributed by atoms with Crippen LogP contribution in [0.25, 0.3) is 0 Å². The molecule has 1 heterocycles. The van der Waals surface area contributed by atoms with Crippen LogP contribution < -0.4 is 5.32 Å². The van der Waals surface area contributed by atoms with Crippen LogP contribution in [0.5, 0.6) is 0 Å². The number of nitrogens with one attached hydrogen (secondary N) is 1. The SMILES string of the molecule is Cl.O=C(CCl)NC1(CN2CCCCC2)CCC1. The summed E-state index contributed by atoms with van der Waals surface area (Å²) in [5, 5.41) is 3.11. The van der Waals surface area contributed by atoms with E-state index in [1.165, 1.54) is 38.8 Å². The van der Waals surface area contributed by atoms with Gasteiger partial charge in [-0.15, -0.1) is 24.0 Å². The summed E-state index contributed by atoms with van der Waals surface area (Å²) >= 11 is 5.56. The second-order valence-corrected chi connectivity index (χ2v) is 5.42. The van der Waals surface area contributed by atoms with Crippen molar-refractivity contribution in [1.82, 2.24) is 10.2 Å². The number of halogens is 2. The molecule has 1 saturated carbocycles. The predicted molar refractivity (Wildman–Crippen MR) is 73.0 cm³/mol. The highest BCUT2D eigenvalue weighted by Gasteiger charge is 2.39. The van der Waals surface area contributed by atoms with Gasteiger partial charge in [-0.05, 0) is 45.2 Å². The summed E-state index contributed by atoms with van der Waals surface area (Å²) in [6, 6.07) is 0. The first-order valence-electron chi connectivity index (χ1n) is 6.33. The maximum Gasteiger partial charge on any atom is 0.235 e. The fraction of sp³-hybridized carbons (Fsp3) is 0.917. The average Bonchev–Trinajstić information content (AvgIpc) is 2.27. The van der Waals surface area contributed by atoms with Crippen LogP contribution in [0.1, 0.15) is 38.5 Å². The molecule has 0 atom stereocenters. The third kappa shape index (κ3) is 4.01. The van der Waals surface area contributed by atoms with E-state index < -0.39 is 0 Å². The molecule has 0 spiro atoms. The van der Waals surface area contributed by atoms with Crippen molar-refractivity contribution in [3.8, 4) is 0 Å². The van der Waals surface area contributed by atoms with E-state index >= 15 is 0 Å². The summed E-state index contributed by atoms with van der Waals surface area (Å²) in [5.41, 5.74) is 0.0450. The molecule has 1 N–H and O–H groups in total. The van der Waals surface area contributed by atoms with Crippen molar-refractivity contribution < 1.29 is 4.79 Å². The molecule has 0 aromatic heterocycles. The van der Waals surface area contributed by atoms with Gasteiger partial charge in [-0.3, -0.25) is 4.79 Å². The maximum atomic E-state index is 11.4. The number of alkyl halides is 1. The van der Waals surface area contributed by atoms with Gasteiger partial charge in [0.05, 0.1) is 5.54 Å². The van der Waals surface area contributed by atoms with E-state index in [0.717, 1.165) is 19.4 Å². The van der Waals surface area contributed by atoms with Crippen LogP contribution in [-0.4, -0.2) is 41.9 Å². The van der Waals surface area contributed by atoms with Gasteiger partial charge in [0, 0.05) is 6.54 Å². The van der Waals surface area contributed by atoms with Crippen molar-refractivity contribution in [1.29, 1.82) is 0 Å². The molecule has 2 rings (SSSR count). The van der Waals surface area contributed by atoms with Crippen LogP contribution >= 0.6 is 24.0 Å². The molecule has 0 unspecified atom stereocenters. The van der Waals surface area contributed by atoms with Crippen molar-refractivity contribution in [2.24, 2.45) is 0 Å². The Kier molecular flexibility index (Phi) is 6.04. The first kappa shape index (κ1) is 15.1. The van der Waals surface area contributed by atoms with Crippen LogP contribution in [0, 0.1) is 0 Å². The number of hydrogen-bond donors (Lipinski definition) is 1. The Morgan fingerprint density at radius 1 is 1.18 bits per heavy atom. The number of carbonyl (C=O) groups excluding carboxylic acids is 1. The van der Waals surface area contributed by atoms with E-state index in [0.29, 0.717) is 0 Å². The number of hydrogen-bond acceptors (Lipinski definition) is 2. The summed E-state index contributed by atoms with van der Waals surface area (Å²) in [4.78, 5) is 13.9. The van der Waals surface area contributed by atoms with Crippen molar-refractivity contribution in [2.45, 2.75) is 44.1 Å². The zero-order valence-corrected chi connectivity index (χ0v) is 11.8. The molecule has 2 aliphatic rings. The number of amides is 1. The lowest BCUT2D eigenvalue weighted by atomic mass is 9.76. The molecule has 0 radical (unpaired) electrons. The van der Waals surface area contributed by atoms with Crippen molar-refractivity contribution in [3.05, 3.63) is 0 Å². The standard InChI is InChI=1S/C12H21ClN2O.ClH/c13-9-11(16)14-12(5-4-6-12)10-15-7-2-1-3-8-15;/h1-10H2,(H,14,16);1H. The summed E-state index contributed by atoms with van der Waals surface area (Å²) in [6.45, 7) is 3.41. The zero-order valence-electron chi connectivity index (χ0n) is 10.2. The lowest BCUT2D eigenvalue weighted by molar-refractivity contribution is -0.122. The van der Waals surface area contributed by atoms with Crippen LogP contribution in [0.2, 0.25) is 0 Å². The minimum Gasteiger partial charge on any atom is -0.348 e. The van der Waals surface area contributed by atoms with Crippen molar-refractivity contribution >= 4 is 29.9 Å². The van der Waals surface area contributed by atoms with Crippen molar-refractivity contribution in [3.63, 3.8) is 0 Å². The normalized spacial score (nSPS) is 23.4. The molecule has 100 valence electrons. The minimum atomic E-state index is -0.0154. The molecule has 17 heavy (non-hydrogen) atoms. The second-order valence-electron chi connectivity index (χ2n) is 5.15. The molecule has 1 amide bonds. The molecular formula is C12H22Cl2N2O. The van der Waals surface area contributed by atoms with Gasteiger partial charge in [-0.1, -0.05) is 6.42 Å². The summed E-state index contributed by atoms with van der Waals surface area (Å²) in [6.07, 6.45) is 7.44. The number of nitrogens with zero attached hydrogens (tertiary/aromatic N) is 1. The van der Waals surface area contributed by atoms with E-state index in [1.807, 2.05) is 0 Å². The average molecular weight is 281 g/mol. The monoisotopic (exact) mass is 280 g/mol. The lowest BCUT2D eigenvalue weighted by Crippen LogP contribution is -2.60. The fourth-order valence-corrected chi connectivity index (χ4v) is 2.87. The molecular weight excluding hydrogens is 259 g/mol. The first-order valence-corrected chi connectivity index (χ1v) is 6.87. The first-order chi connectivity index (χ1) is 7.74. The van der Waals surface area contributed by atoms with Crippen LogP contribution in [-0.2, 0) is 4.79 Å². The van der Waals surface area contributed by atoms with Crippen LogP contribution in [0.15, 0.2) is 0 Å². The molecule has 0 aromatic rings. The molecule has 0 bridgehead atoms. The van der Waals surface area contributed by atoms with Gasteiger partial charge in [0.15, 0.2) is 0 Å². The number of rotatable bonds is 4. The minimum absolute atomic E-state index is 0. The number of likely N-dealkylation sites (tertiary alicyclic amines) is 1. The van der Waals surface area contributed by atoms with Gasteiger partial charge >= 0.3 is 0 Å². The highest BCUT2D eigenvalue weighted by atomic mass is 35.5. The van der Waals surface area contributed by atoms with Gasteiger partial charge in [0.2, 0.25) is 5.91 Å². The Hall–Kier alpha value is 0.01000. The third-order valence-electron chi connectivity index (χ3n) is 3.81. The summed E-state index contributed by atoms with van der Waals surface area (Å²) in [7, 11) is 0. The highest BCUT2D eigenvalue weighted by Crippen LogP contribution is 2.33. The Morgan fingerprint density at radius 3 is 2.29 bits per heavy atom. The number of piperidine rings is 1. The topological polar surface area (TPSA) is 32.3 Å². The van der Waals surface area contributed by atoms with Crippen LogP contribution in [0.4, 0.5) is 0 Å². The van der Waals surface area contributed by atoms with Gasteiger partial charge in [0.1, 0.15) is 5.88 Å². The lowest BCUT2D eigenvalue weighted by Gasteiger charge is -2.46. The van der Waals surface area contributed by atoms with Gasteiger partial charge < -0.3 is 10.2 Å². The van der Waals surface area contributed by atoms with Crippen LogP contribution in [0.3, 0.4) is 0 Å². The van der Waals surface area contributed by atoms with Gasteiger partial charge in [-0.25, -0.2) is 0 Å². The predicted octanol–water partition coefficient (Wildman–Crippen LogP) is 2.17. The zero-order chi connectivity index (χ0) is 11.4. The largest absolute Gasteiger partial charge is 0.348 e. The maximum absolute atomic E-state index is 11.4. The molecule has 5 heteroatoms. The third-order valence-corrected chi connectivity index (χ3v) is 4.05. The van der Waals surface area contributed by atoms with Gasteiger partial charge in [-0.2, -0.15) is 0 Å². The Labute approximate surface area is 115 Å². The van der Waals surface area contributed by atoms with E-state index in [1.54, 1.807) is 0 Å². The van der Waals surface area contributed by atoms with Gasteiger partial charge in [0.25, 0.3) is 0 Å². The van der Waals surface area contributed by atoms with E-state index in [2.05, 4.69) is 10.2 Å². The molecule has 2 fully saturated rings. The Bertz CT molecular complexity index is 251. The summed E-state index contributed by atoms with van der Waals surface area (Å²) in [5.74, 6) is 0.0697. The molecule has 0 aromatic carbocycles. The molecule has 3 nitrogen and oxygen atoms in total. The Morgan fingerprint density at radius 2 is 1.82 bits per heavy atom. The highest BCUT2D eigenvalue weighted by molar-refractivity contribution is 6.27. The number of carbonyl (C=O) groups is 1. The molecule has 1 aliphatic heterocycles. The van der Waals surface area contributed by atoms with E-state index in [9.17, 15) is 4.79 Å². The van der Waals surface area contributed by atoms with E-state index in [4.69, 9.17) is 11.6 Å². The van der Waals surface area contributed by atoms with E-state index in [-0.39, 0.29) is 29.7 Å².